The molecule has 3 fully saturated rings. The third kappa shape index (κ3) is 3.95. The summed E-state index contributed by atoms with van der Waals surface area (Å²) in [7, 11) is 0. The number of carbonyl (C=O) groups is 1. The van der Waals surface area contributed by atoms with Gasteiger partial charge in [0.2, 0.25) is 5.91 Å². The molecule has 3 aliphatic rings. The van der Waals surface area contributed by atoms with Crippen LogP contribution >= 0.6 is 0 Å². The zero-order valence-corrected chi connectivity index (χ0v) is 18.6. The Kier molecular flexibility index (Phi) is 5.53. The molecule has 2 saturated heterocycles. The van der Waals surface area contributed by atoms with Crippen LogP contribution in [0.15, 0.2) is 36.5 Å². The Hall–Kier alpha value is -3.05. The number of benzene rings is 1. The van der Waals surface area contributed by atoms with Crippen LogP contribution in [0.4, 0.5) is 14.6 Å². The van der Waals surface area contributed by atoms with Crippen molar-refractivity contribution in [2.45, 2.75) is 50.2 Å². The van der Waals surface area contributed by atoms with Crippen LogP contribution in [-0.2, 0) is 10.3 Å². The summed E-state index contributed by atoms with van der Waals surface area (Å²) in [5, 5.41) is 12.3. The maximum absolute atomic E-state index is 14.2. The topological polar surface area (TPSA) is 72.3 Å². The number of nitriles is 1. The van der Waals surface area contributed by atoms with Crippen LogP contribution in [0.25, 0.3) is 0 Å². The molecule has 33 heavy (non-hydrogen) atoms. The summed E-state index contributed by atoms with van der Waals surface area (Å²) < 4.78 is 27.9. The number of hydrogen-bond donors (Lipinski definition) is 1. The lowest BCUT2D eigenvalue weighted by atomic mass is 10.0. The average Bonchev–Trinajstić information content (AvgIpc) is 3.57. The van der Waals surface area contributed by atoms with Crippen molar-refractivity contribution < 1.29 is 13.6 Å². The SMILES string of the molecule is C[C@H]1CC2CN(C(=O)CCNC3(c4cccc(F)c4F)CC3)CC1N2c1ccc(C#N)cn1. The summed E-state index contributed by atoms with van der Waals surface area (Å²) in [5.41, 5.74) is 0.331. The molecule has 0 radical (unpaired) electrons. The fourth-order valence-electron chi connectivity index (χ4n) is 5.50. The number of anilines is 1. The molecule has 5 rings (SSSR count). The van der Waals surface area contributed by atoms with E-state index in [1.807, 2.05) is 11.0 Å². The number of piperazine rings is 1. The van der Waals surface area contributed by atoms with Crippen LogP contribution in [0.1, 0.15) is 43.7 Å². The van der Waals surface area contributed by atoms with Crippen molar-refractivity contribution in [3.05, 3.63) is 59.3 Å². The minimum absolute atomic E-state index is 0.0783. The Balaban J connectivity index is 1.20. The molecule has 1 saturated carbocycles. The summed E-state index contributed by atoms with van der Waals surface area (Å²) in [6.07, 6.45) is 4.38. The van der Waals surface area contributed by atoms with E-state index in [1.165, 1.54) is 6.07 Å². The molecule has 2 aromatic rings. The highest BCUT2D eigenvalue weighted by Crippen LogP contribution is 2.46. The fraction of sp³-hybridized carbons (Fsp3) is 0.480. The molecule has 2 bridgehead atoms. The van der Waals surface area contributed by atoms with Crippen LogP contribution in [0.2, 0.25) is 0 Å². The molecule has 1 aromatic heterocycles. The van der Waals surface area contributed by atoms with E-state index < -0.39 is 17.2 Å². The first kappa shape index (κ1) is 21.8. The molecule has 1 aliphatic carbocycles. The van der Waals surface area contributed by atoms with Gasteiger partial charge in [-0.15, -0.1) is 0 Å². The third-order valence-electron chi connectivity index (χ3n) is 7.40. The van der Waals surface area contributed by atoms with E-state index >= 15 is 0 Å². The molecule has 1 N–H and O–H groups in total. The minimum atomic E-state index is -0.837. The molecule has 172 valence electrons. The van der Waals surface area contributed by atoms with E-state index in [9.17, 15) is 13.6 Å². The molecule has 2 unspecified atom stereocenters. The largest absolute Gasteiger partial charge is 0.347 e. The predicted octanol–water partition coefficient (Wildman–Crippen LogP) is 3.33. The monoisotopic (exact) mass is 451 g/mol. The number of halogens is 2. The summed E-state index contributed by atoms with van der Waals surface area (Å²) in [6, 6.07) is 10.4. The molecule has 6 nitrogen and oxygen atoms in total. The van der Waals surface area contributed by atoms with Gasteiger partial charge in [-0.05, 0) is 43.4 Å². The molecular weight excluding hydrogens is 424 g/mol. The maximum Gasteiger partial charge on any atom is 0.223 e. The number of aromatic nitrogens is 1. The zero-order chi connectivity index (χ0) is 23.2. The highest BCUT2D eigenvalue weighted by atomic mass is 19.2. The molecular formula is C25H27F2N5O. The number of nitrogens with one attached hydrogen (secondary N) is 1. The summed E-state index contributed by atoms with van der Waals surface area (Å²) in [5.74, 6) is -0.263. The van der Waals surface area contributed by atoms with E-state index in [-0.39, 0.29) is 18.0 Å². The van der Waals surface area contributed by atoms with Gasteiger partial charge in [0.1, 0.15) is 11.9 Å². The fourth-order valence-corrected chi connectivity index (χ4v) is 5.50. The van der Waals surface area contributed by atoms with Gasteiger partial charge in [-0.25, -0.2) is 13.8 Å². The number of likely N-dealkylation sites (tertiary alicyclic amines) is 1. The predicted molar refractivity (Wildman–Crippen MR) is 119 cm³/mol. The summed E-state index contributed by atoms with van der Waals surface area (Å²) in [4.78, 5) is 21.7. The van der Waals surface area contributed by atoms with Crippen molar-refractivity contribution in [1.29, 1.82) is 5.26 Å². The van der Waals surface area contributed by atoms with E-state index in [1.54, 1.807) is 18.3 Å². The van der Waals surface area contributed by atoms with Gasteiger partial charge in [-0.2, -0.15) is 5.26 Å². The number of carbonyl (C=O) groups excluding carboxylic acids is 1. The summed E-state index contributed by atoms with van der Waals surface area (Å²) in [6.45, 7) is 3.92. The van der Waals surface area contributed by atoms with E-state index in [4.69, 9.17) is 5.26 Å². The molecule has 8 heteroatoms. The zero-order valence-electron chi connectivity index (χ0n) is 18.6. The molecule has 3 heterocycles. The van der Waals surface area contributed by atoms with Gasteiger partial charge in [0, 0.05) is 49.4 Å². The molecule has 1 aromatic carbocycles. The number of rotatable bonds is 6. The first-order valence-electron chi connectivity index (χ1n) is 11.5. The minimum Gasteiger partial charge on any atom is -0.347 e. The van der Waals surface area contributed by atoms with Crippen molar-refractivity contribution in [2.24, 2.45) is 5.92 Å². The third-order valence-corrected chi connectivity index (χ3v) is 7.40. The lowest BCUT2D eigenvalue weighted by Gasteiger charge is -2.42. The van der Waals surface area contributed by atoms with Gasteiger partial charge in [0.05, 0.1) is 11.6 Å². The van der Waals surface area contributed by atoms with Crippen LogP contribution < -0.4 is 10.2 Å². The number of nitrogens with zero attached hydrogens (tertiary/aromatic N) is 4. The molecule has 2 aliphatic heterocycles. The standard InChI is InChI=1S/C25H27F2N5O/c1-16-11-18-14-31(15-21(16)32(18)22-6-5-17(12-28)13-29-22)23(33)7-10-30-25(8-9-25)19-3-2-4-20(26)24(19)27/h2-6,13,16,18,21,30H,7-11,14-15H2,1H3/t16-,18?,21?/m0/s1. The smallest absolute Gasteiger partial charge is 0.223 e. The van der Waals surface area contributed by atoms with Crippen molar-refractivity contribution >= 4 is 11.7 Å². The first-order valence-corrected chi connectivity index (χ1v) is 11.5. The van der Waals surface area contributed by atoms with Crippen LogP contribution in [0, 0.1) is 28.9 Å². The van der Waals surface area contributed by atoms with E-state index in [0.29, 0.717) is 43.1 Å². The lowest BCUT2D eigenvalue weighted by Crippen LogP contribution is -2.56. The van der Waals surface area contributed by atoms with Gasteiger partial charge >= 0.3 is 0 Å². The number of fused-ring (bicyclic) bond motifs is 2. The Morgan fingerprint density at radius 3 is 2.76 bits per heavy atom. The first-order chi connectivity index (χ1) is 15.9. The van der Waals surface area contributed by atoms with Gasteiger partial charge in [0.15, 0.2) is 11.6 Å². The Bertz CT molecular complexity index is 1090. The second-order valence-electron chi connectivity index (χ2n) is 9.52. The second kappa shape index (κ2) is 8.38. The highest BCUT2D eigenvalue weighted by Gasteiger charge is 2.47. The Morgan fingerprint density at radius 1 is 1.27 bits per heavy atom. The Labute approximate surface area is 192 Å². The van der Waals surface area contributed by atoms with Crippen molar-refractivity contribution in [1.82, 2.24) is 15.2 Å². The number of pyridine rings is 1. The van der Waals surface area contributed by atoms with Crippen molar-refractivity contribution in [3.8, 4) is 6.07 Å². The van der Waals surface area contributed by atoms with Crippen molar-refractivity contribution in [2.75, 3.05) is 24.5 Å². The normalized spacial score (nSPS) is 25.1. The van der Waals surface area contributed by atoms with Crippen LogP contribution in [0.5, 0.6) is 0 Å². The van der Waals surface area contributed by atoms with Crippen LogP contribution in [0.3, 0.4) is 0 Å². The number of amides is 1. The van der Waals surface area contributed by atoms with Gasteiger partial charge in [-0.3, -0.25) is 4.79 Å². The van der Waals surface area contributed by atoms with Crippen molar-refractivity contribution in [3.63, 3.8) is 0 Å². The summed E-state index contributed by atoms with van der Waals surface area (Å²) >= 11 is 0. The van der Waals surface area contributed by atoms with Gasteiger partial charge in [0.25, 0.3) is 0 Å². The van der Waals surface area contributed by atoms with E-state index in [2.05, 4.69) is 28.2 Å². The van der Waals surface area contributed by atoms with Gasteiger partial charge < -0.3 is 15.1 Å². The van der Waals surface area contributed by atoms with E-state index in [0.717, 1.165) is 31.1 Å². The van der Waals surface area contributed by atoms with Gasteiger partial charge in [-0.1, -0.05) is 19.1 Å². The van der Waals surface area contributed by atoms with Crippen LogP contribution in [-0.4, -0.2) is 47.5 Å². The molecule has 0 spiro atoms. The maximum atomic E-state index is 14.2. The number of hydrogen-bond acceptors (Lipinski definition) is 5. The molecule has 3 atom stereocenters. The average molecular weight is 452 g/mol. The second-order valence-corrected chi connectivity index (χ2v) is 9.52. The quantitative estimate of drug-likeness (QED) is 0.730. The lowest BCUT2D eigenvalue weighted by molar-refractivity contribution is -0.132. The Morgan fingerprint density at radius 2 is 2.09 bits per heavy atom. The molecule has 1 amide bonds. The highest BCUT2D eigenvalue weighted by molar-refractivity contribution is 5.77.